The number of aromatic nitrogens is 4. The fraction of sp³-hybridized carbons (Fsp3) is 0. The molecule has 0 spiro atoms. The summed E-state index contributed by atoms with van der Waals surface area (Å²) in [5, 5.41) is 11.3. The van der Waals surface area contributed by atoms with Crippen LogP contribution in [-0.2, 0) is 0 Å². The first-order valence-electron chi connectivity index (χ1n) is 5.43. The maximum absolute atomic E-state index is 11.9. The lowest BCUT2D eigenvalue weighted by Crippen LogP contribution is -2.15. The molecule has 0 bridgehead atoms. The van der Waals surface area contributed by atoms with Gasteiger partial charge in [-0.15, -0.1) is 0 Å². The first-order valence-corrected chi connectivity index (χ1v) is 5.43. The van der Waals surface area contributed by atoms with E-state index in [-0.39, 0.29) is 11.3 Å². The summed E-state index contributed by atoms with van der Waals surface area (Å²) in [6.45, 7) is 0. The van der Waals surface area contributed by atoms with Gasteiger partial charge in [0.05, 0.1) is 11.4 Å². The normalized spacial score (nSPS) is 10.7. The summed E-state index contributed by atoms with van der Waals surface area (Å²) in [5.41, 5.74) is 0.716. The first kappa shape index (κ1) is 11.1. The van der Waals surface area contributed by atoms with Crippen LogP contribution in [0.15, 0.2) is 41.3 Å². The van der Waals surface area contributed by atoms with Crippen molar-refractivity contribution in [2.45, 2.75) is 0 Å². The Balaban J connectivity index is 2.25. The molecule has 3 aromatic rings. The maximum Gasteiger partial charge on any atom is 0.353 e. The molecule has 94 valence electrons. The van der Waals surface area contributed by atoms with Gasteiger partial charge >= 0.3 is 5.97 Å². The Bertz CT molecular complexity index is 820. The lowest BCUT2D eigenvalue weighted by atomic mass is 10.2. The van der Waals surface area contributed by atoms with Crippen molar-refractivity contribution in [1.29, 1.82) is 0 Å². The van der Waals surface area contributed by atoms with Crippen molar-refractivity contribution in [1.82, 2.24) is 19.6 Å². The minimum absolute atomic E-state index is 0.0947. The third kappa shape index (κ3) is 1.86. The third-order valence-electron chi connectivity index (χ3n) is 2.61. The van der Waals surface area contributed by atoms with Crippen LogP contribution in [0.5, 0.6) is 0 Å². The van der Waals surface area contributed by atoms with Crippen LogP contribution in [0.4, 0.5) is 0 Å². The van der Waals surface area contributed by atoms with E-state index in [4.69, 9.17) is 5.11 Å². The molecule has 0 fully saturated rings. The second kappa shape index (κ2) is 4.05. The summed E-state index contributed by atoms with van der Waals surface area (Å²) in [4.78, 5) is 31.0. The van der Waals surface area contributed by atoms with Gasteiger partial charge in [0.1, 0.15) is 5.69 Å². The fourth-order valence-electron chi connectivity index (χ4n) is 1.75. The summed E-state index contributed by atoms with van der Waals surface area (Å²) in [6, 6.07) is 7.87. The molecule has 0 aromatic carbocycles. The largest absolute Gasteiger partial charge is 0.477 e. The molecule has 0 aliphatic carbocycles. The van der Waals surface area contributed by atoms with Gasteiger partial charge in [-0.3, -0.25) is 14.9 Å². The van der Waals surface area contributed by atoms with Crippen LogP contribution in [-0.4, -0.2) is 30.7 Å². The third-order valence-corrected chi connectivity index (χ3v) is 2.61. The van der Waals surface area contributed by atoms with Gasteiger partial charge in [0.15, 0.2) is 5.65 Å². The molecule has 7 nitrogen and oxygen atoms in total. The zero-order valence-electron chi connectivity index (χ0n) is 9.57. The molecule has 0 saturated heterocycles. The predicted octanol–water partition coefficient (Wildman–Crippen LogP) is 0.783. The van der Waals surface area contributed by atoms with Crippen molar-refractivity contribution >= 4 is 11.6 Å². The van der Waals surface area contributed by atoms with Crippen LogP contribution >= 0.6 is 0 Å². The second-order valence-electron chi connectivity index (χ2n) is 3.86. The van der Waals surface area contributed by atoms with Gasteiger partial charge in [-0.25, -0.2) is 14.3 Å². The van der Waals surface area contributed by atoms with E-state index in [9.17, 15) is 9.59 Å². The summed E-state index contributed by atoms with van der Waals surface area (Å²) in [5.74, 6) is -1.15. The zero-order valence-corrected chi connectivity index (χ0v) is 9.57. The van der Waals surface area contributed by atoms with E-state index in [1.165, 1.54) is 12.1 Å². The van der Waals surface area contributed by atoms with Crippen LogP contribution in [0.25, 0.3) is 17.0 Å². The Kier molecular flexibility index (Phi) is 2.38. The number of aromatic carboxylic acids is 1. The van der Waals surface area contributed by atoms with Crippen LogP contribution < -0.4 is 5.56 Å². The molecule has 7 heteroatoms. The summed E-state index contributed by atoms with van der Waals surface area (Å²) in [6.07, 6.45) is 1.60. The number of aromatic amines is 1. The highest BCUT2D eigenvalue weighted by Crippen LogP contribution is 2.12. The topological polar surface area (TPSA) is 100 Å². The number of carbonyl (C=O) groups is 1. The summed E-state index contributed by atoms with van der Waals surface area (Å²) < 4.78 is 1.08. The monoisotopic (exact) mass is 256 g/mol. The Morgan fingerprint density at radius 1 is 1.26 bits per heavy atom. The van der Waals surface area contributed by atoms with Gasteiger partial charge < -0.3 is 5.11 Å². The van der Waals surface area contributed by atoms with E-state index in [1.807, 2.05) is 0 Å². The lowest BCUT2D eigenvalue weighted by Gasteiger charge is -1.99. The number of nitrogens with zero attached hydrogens (tertiary/aromatic N) is 3. The average Bonchev–Trinajstić information content (AvgIpc) is 2.84. The van der Waals surface area contributed by atoms with Crippen LogP contribution in [0.3, 0.4) is 0 Å². The number of carboxylic acid groups (broad SMARTS) is 1. The number of pyridine rings is 1. The van der Waals surface area contributed by atoms with Gasteiger partial charge in [-0.05, 0) is 12.1 Å². The van der Waals surface area contributed by atoms with Crippen LogP contribution in [0.2, 0.25) is 0 Å². The maximum atomic E-state index is 11.9. The van der Waals surface area contributed by atoms with E-state index in [2.05, 4.69) is 15.1 Å². The van der Waals surface area contributed by atoms with E-state index >= 15 is 0 Å². The van der Waals surface area contributed by atoms with Crippen molar-refractivity contribution in [2.24, 2.45) is 0 Å². The second-order valence-corrected chi connectivity index (χ2v) is 3.86. The smallest absolute Gasteiger partial charge is 0.353 e. The first-order chi connectivity index (χ1) is 9.15. The molecule has 0 aliphatic heterocycles. The average molecular weight is 256 g/mol. The van der Waals surface area contributed by atoms with Gasteiger partial charge in [0.25, 0.3) is 5.56 Å². The Morgan fingerprint density at radius 3 is 2.79 bits per heavy atom. The number of fused-ring (bicyclic) bond motifs is 1. The molecule has 3 heterocycles. The number of carboxylic acids is 1. The van der Waals surface area contributed by atoms with Gasteiger partial charge in [0.2, 0.25) is 0 Å². The molecule has 19 heavy (non-hydrogen) atoms. The number of nitrogens with one attached hydrogen (secondary N) is 1. The molecule has 3 aromatic heterocycles. The molecule has 0 atom stereocenters. The SMILES string of the molecule is O=C(O)c1cc2nc(-c3ccccn3)cc(=O)n2[nH]1. The van der Waals surface area contributed by atoms with Gasteiger partial charge in [0, 0.05) is 18.3 Å². The van der Waals surface area contributed by atoms with Crippen molar-refractivity contribution in [3.8, 4) is 11.4 Å². The number of hydrogen-bond acceptors (Lipinski definition) is 4. The van der Waals surface area contributed by atoms with Crippen molar-refractivity contribution in [3.05, 3.63) is 52.6 Å². The molecule has 3 rings (SSSR count). The van der Waals surface area contributed by atoms with E-state index in [0.717, 1.165) is 4.52 Å². The predicted molar refractivity (Wildman–Crippen MR) is 66.0 cm³/mol. The van der Waals surface area contributed by atoms with Crippen molar-refractivity contribution in [3.63, 3.8) is 0 Å². The lowest BCUT2D eigenvalue weighted by molar-refractivity contribution is 0.0690. The molecule has 0 saturated carbocycles. The van der Waals surface area contributed by atoms with Crippen molar-refractivity contribution < 1.29 is 9.90 Å². The molecule has 0 radical (unpaired) electrons. The number of hydrogen-bond donors (Lipinski definition) is 2. The highest BCUT2D eigenvalue weighted by molar-refractivity contribution is 5.86. The molecule has 0 aliphatic rings. The molecule has 0 amide bonds. The molecule has 0 unspecified atom stereocenters. The number of rotatable bonds is 2. The van der Waals surface area contributed by atoms with Gasteiger partial charge in [-0.1, -0.05) is 6.07 Å². The standard InChI is InChI=1S/C12H8N4O3/c17-11-6-8(7-3-1-2-4-13-7)14-10-5-9(12(18)19)15-16(10)11/h1-6,15H,(H,18,19). The molecule has 2 N–H and O–H groups in total. The Hall–Kier alpha value is -2.96. The highest BCUT2D eigenvalue weighted by atomic mass is 16.4. The summed E-state index contributed by atoms with van der Waals surface area (Å²) in [7, 11) is 0. The minimum atomic E-state index is -1.15. The highest BCUT2D eigenvalue weighted by Gasteiger charge is 2.11. The molecular formula is C12H8N4O3. The Morgan fingerprint density at radius 2 is 2.11 bits per heavy atom. The fourth-order valence-corrected chi connectivity index (χ4v) is 1.75. The van der Waals surface area contributed by atoms with E-state index < -0.39 is 11.5 Å². The summed E-state index contributed by atoms with van der Waals surface area (Å²) >= 11 is 0. The van der Waals surface area contributed by atoms with Crippen LogP contribution in [0, 0.1) is 0 Å². The van der Waals surface area contributed by atoms with E-state index in [1.54, 1.807) is 24.4 Å². The van der Waals surface area contributed by atoms with Crippen molar-refractivity contribution in [2.75, 3.05) is 0 Å². The Labute approximate surface area is 106 Å². The van der Waals surface area contributed by atoms with Crippen LogP contribution in [0.1, 0.15) is 10.5 Å². The number of H-pyrrole nitrogens is 1. The minimum Gasteiger partial charge on any atom is -0.477 e. The van der Waals surface area contributed by atoms with E-state index in [0.29, 0.717) is 11.4 Å². The zero-order chi connectivity index (χ0) is 13.4. The molecular weight excluding hydrogens is 248 g/mol. The quantitative estimate of drug-likeness (QED) is 0.705. The van der Waals surface area contributed by atoms with Gasteiger partial charge in [-0.2, -0.15) is 0 Å².